The van der Waals surface area contributed by atoms with E-state index in [-0.39, 0.29) is 0 Å². The van der Waals surface area contributed by atoms with Gasteiger partial charge in [0.2, 0.25) is 0 Å². The quantitative estimate of drug-likeness (QED) is 0.677. The first-order chi connectivity index (χ1) is 7.76. The molecule has 0 radical (unpaired) electrons. The molecule has 2 heteroatoms. The van der Waals surface area contributed by atoms with Crippen molar-refractivity contribution in [3.05, 3.63) is 0 Å². The van der Waals surface area contributed by atoms with E-state index in [0.29, 0.717) is 11.6 Å². The summed E-state index contributed by atoms with van der Waals surface area (Å²) in [4.78, 5) is 0. The van der Waals surface area contributed by atoms with Gasteiger partial charge < -0.3 is 10.1 Å². The van der Waals surface area contributed by atoms with Gasteiger partial charge in [0, 0.05) is 12.1 Å². The largest absolute Gasteiger partial charge is 0.375 e. The van der Waals surface area contributed by atoms with Crippen LogP contribution in [0.25, 0.3) is 0 Å². The number of hydrogen-bond acceptors (Lipinski definition) is 2. The maximum absolute atomic E-state index is 6.00. The average Bonchev–Trinajstić information content (AvgIpc) is 2.27. The van der Waals surface area contributed by atoms with Crippen LogP contribution < -0.4 is 5.32 Å². The highest BCUT2D eigenvalue weighted by molar-refractivity contribution is 5.12. The van der Waals surface area contributed by atoms with Crippen molar-refractivity contribution < 1.29 is 4.74 Å². The highest BCUT2D eigenvalue weighted by atomic mass is 16.5. The van der Waals surface area contributed by atoms with Crippen molar-refractivity contribution in [1.29, 1.82) is 0 Å². The average molecular weight is 221 g/mol. The monoisotopic (exact) mass is 221 g/mol. The summed E-state index contributed by atoms with van der Waals surface area (Å²) >= 11 is 0. The van der Waals surface area contributed by atoms with Gasteiger partial charge in [-0.2, -0.15) is 0 Å². The van der Waals surface area contributed by atoms with Crippen molar-refractivity contribution >= 4 is 0 Å². The summed E-state index contributed by atoms with van der Waals surface area (Å²) in [7, 11) is 0. The van der Waals surface area contributed by atoms with Gasteiger partial charge in [-0.1, -0.05) is 0 Å². The Morgan fingerprint density at radius 1 is 1.00 bits per heavy atom. The third kappa shape index (κ3) is 1.20. The molecule has 0 aromatic heterocycles. The summed E-state index contributed by atoms with van der Waals surface area (Å²) < 4.78 is 6.00. The highest BCUT2D eigenvalue weighted by Crippen LogP contribution is 2.58. The molecular weight excluding hydrogens is 198 g/mol. The van der Waals surface area contributed by atoms with Gasteiger partial charge in [0.25, 0.3) is 0 Å². The van der Waals surface area contributed by atoms with Crippen molar-refractivity contribution in [3.8, 4) is 0 Å². The molecule has 1 unspecified atom stereocenters. The molecule has 1 atom stereocenters. The van der Waals surface area contributed by atoms with E-state index >= 15 is 0 Å². The van der Waals surface area contributed by atoms with Crippen LogP contribution in [0.2, 0.25) is 0 Å². The van der Waals surface area contributed by atoms with Crippen LogP contribution in [-0.2, 0) is 4.74 Å². The Morgan fingerprint density at radius 2 is 1.62 bits per heavy atom. The minimum absolute atomic E-state index is 0.389. The fourth-order valence-electron chi connectivity index (χ4n) is 5.27. The molecule has 0 aromatic carbocycles. The molecule has 90 valence electrons. The van der Waals surface area contributed by atoms with Crippen LogP contribution in [0.15, 0.2) is 0 Å². The smallest absolute Gasteiger partial charge is 0.0672 e. The molecule has 16 heavy (non-hydrogen) atoms. The molecule has 0 amide bonds. The maximum atomic E-state index is 6.00. The van der Waals surface area contributed by atoms with Crippen molar-refractivity contribution in [3.63, 3.8) is 0 Å². The van der Waals surface area contributed by atoms with E-state index in [2.05, 4.69) is 12.2 Å². The van der Waals surface area contributed by atoms with E-state index in [4.69, 9.17) is 4.74 Å². The predicted octanol–water partition coefficient (Wildman–Crippen LogP) is 2.19. The van der Waals surface area contributed by atoms with Crippen LogP contribution in [0.4, 0.5) is 0 Å². The SMILES string of the molecule is CC1CNC2(CO1)C1CC3CC(C1)CC2C3. The number of hydrogen-bond donors (Lipinski definition) is 1. The molecule has 1 aliphatic heterocycles. The zero-order valence-electron chi connectivity index (χ0n) is 10.2. The summed E-state index contributed by atoms with van der Waals surface area (Å²) in [6.45, 7) is 4.25. The van der Waals surface area contributed by atoms with Gasteiger partial charge in [-0.15, -0.1) is 0 Å². The highest BCUT2D eigenvalue weighted by Gasteiger charge is 2.57. The Kier molecular flexibility index (Phi) is 2.00. The van der Waals surface area contributed by atoms with Gasteiger partial charge >= 0.3 is 0 Å². The zero-order valence-corrected chi connectivity index (χ0v) is 10.2. The molecule has 1 heterocycles. The van der Waals surface area contributed by atoms with Crippen LogP contribution in [0.3, 0.4) is 0 Å². The van der Waals surface area contributed by atoms with Gasteiger partial charge in [-0.05, 0) is 62.7 Å². The van der Waals surface area contributed by atoms with E-state index in [1.54, 1.807) is 6.42 Å². The second-order valence-electron chi connectivity index (χ2n) is 6.85. The Balaban J connectivity index is 1.64. The third-order valence-corrected chi connectivity index (χ3v) is 5.92. The molecule has 4 bridgehead atoms. The lowest BCUT2D eigenvalue weighted by Gasteiger charge is -2.62. The standard InChI is InChI=1S/C14H23NO/c1-9-7-15-14(8-16-9)12-3-10-2-11(5-12)6-13(14)4-10/h9-13,15H,2-8H2,1H3. The fourth-order valence-corrected chi connectivity index (χ4v) is 5.27. The normalized spacial score (nSPS) is 59.4. The van der Waals surface area contributed by atoms with Crippen LogP contribution in [-0.4, -0.2) is 24.8 Å². The molecule has 0 aromatic rings. The molecule has 5 rings (SSSR count). The van der Waals surface area contributed by atoms with Gasteiger partial charge in [-0.25, -0.2) is 0 Å². The van der Waals surface area contributed by atoms with Crippen LogP contribution >= 0.6 is 0 Å². The zero-order chi connectivity index (χ0) is 10.8. The minimum atomic E-state index is 0.389. The van der Waals surface area contributed by atoms with Gasteiger partial charge in [0.15, 0.2) is 0 Å². The lowest BCUT2D eigenvalue weighted by atomic mass is 9.48. The minimum Gasteiger partial charge on any atom is -0.375 e. The maximum Gasteiger partial charge on any atom is 0.0672 e. The lowest BCUT2D eigenvalue weighted by molar-refractivity contribution is -0.143. The molecule has 1 saturated heterocycles. The summed E-state index contributed by atoms with van der Waals surface area (Å²) in [5, 5.41) is 3.90. The predicted molar refractivity (Wildman–Crippen MR) is 63.2 cm³/mol. The first-order valence-corrected chi connectivity index (χ1v) is 7.13. The molecule has 1 N–H and O–H groups in total. The lowest BCUT2D eigenvalue weighted by Crippen LogP contribution is -2.70. The van der Waals surface area contributed by atoms with Crippen molar-refractivity contribution in [1.82, 2.24) is 5.32 Å². The molecule has 1 spiro atoms. The van der Waals surface area contributed by atoms with E-state index in [9.17, 15) is 0 Å². The number of nitrogens with one attached hydrogen (secondary N) is 1. The van der Waals surface area contributed by atoms with Crippen LogP contribution in [0, 0.1) is 23.7 Å². The number of rotatable bonds is 0. The fraction of sp³-hybridized carbons (Fsp3) is 1.00. The van der Waals surface area contributed by atoms with Crippen molar-refractivity contribution in [2.24, 2.45) is 23.7 Å². The number of morpholine rings is 1. The van der Waals surface area contributed by atoms with E-state index in [0.717, 1.165) is 36.8 Å². The molecular formula is C14H23NO. The van der Waals surface area contributed by atoms with Crippen molar-refractivity contribution in [2.75, 3.05) is 13.2 Å². The van der Waals surface area contributed by atoms with E-state index in [1.807, 2.05) is 0 Å². The van der Waals surface area contributed by atoms with Gasteiger partial charge in [0.05, 0.1) is 12.7 Å². The van der Waals surface area contributed by atoms with Crippen LogP contribution in [0.1, 0.15) is 39.0 Å². The number of ether oxygens (including phenoxy) is 1. The third-order valence-electron chi connectivity index (χ3n) is 5.92. The summed E-state index contributed by atoms with van der Waals surface area (Å²) in [5.74, 6) is 3.98. The van der Waals surface area contributed by atoms with Gasteiger partial charge in [0.1, 0.15) is 0 Å². The second kappa shape index (κ2) is 3.23. The molecule has 4 saturated carbocycles. The Hall–Kier alpha value is -0.0800. The topological polar surface area (TPSA) is 21.3 Å². The first-order valence-electron chi connectivity index (χ1n) is 7.13. The second-order valence-corrected chi connectivity index (χ2v) is 6.85. The Morgan fingerprint density at radius 3 is 2.12 bits per heavy atom. The Bertz CT molecular complexity index is 263. The van der Waals surface area contributed by atoms with Crippen LogP contribution in [0.5, 0.6) is 0 Å². The Labute approximate surface area is 98.1 Å². The molecule has 2 nitrogen and oxygen atoms in total. The molecule has 5 fully saturated rings. The van der Waals surface area contributed by atoms with Gasteiger partial charge in [-0.3, -0.25) is 0 Å². The molecule has 5 aliphatic rings. The first kappa shape index (κ1) is 9.90. The molecule has 4 aliphatic carbocycles. The summed E-state index contributed by atoms with van der Waals surface area (Å²) in [6.07, 6.45) is 7.90. The van der Waals surface area contributed by atoms with E-state index in [1.165, 1.54) is 25.7 Å². The van der Waals surface area contributed by atoms with E-state index < -0.39 is 0 Å². The van der Waals surface area contributed by atoms with Crippen molar-refractivity contribution in [2.45, 2.75) is 50.7 Å². The summed E-state index contributed by atoms with van der Waals surface area (Å²) in [6, 6.07) is 0. The summed E-state index contributed by atoms with van der Waals surface area (Å²) in [5.41, 5.74) is 0.389.